The predicted octanol–water partition coefficient (Wildman–Crippen LogP) is 2.21. The third-order valence-corrected chi connectivity index (χ3v) is 3.62. The van der Waals surface area contributed by atoms with Crippen molar-refractivity contribution in [1.29, 1.82) is 0 Å². The Bertz CT molecular complexity index is 311. The van der Waals surface area contributed by atoms with Crippen molar-refractivity contribution in [2.24, 2.45) is 0 Å². The Labute approximate surface area is 87.6 Å². The molecule has 0 aliphatic heterocycles. The van der Waals surface area contributed by atoms with E-state index in [0.717, 1.165) is 19.3 Å². The SMILES string of the molecule is CCC1(NC(=O)c2cscn2)CCC1. The minimum Gasteiger partial charge on any atom is -0.345 e. The van der Waals surface area contributed by atoms with E-state index >= 15 is 0 Å². The number of carbonyl (C=O) groups is 1. The van der Waals surface area contributed by atoms with Crippen LogP contribution in [0.5, 0.6) is 0 Å². The first kappa shape index (κ1) is 9.65. The van der Waals surface area contributed by atoms with Gasteiger partial charge in [-0.25, -0.2) is 4.98 Å². The highest BCUT2D eigenvalue weighted by atomic mass is 32.1. The molecule has 0 aromatic carbocycles. The van der Waals surface area contributed by atoms with Crippen molar-refractivity contribution in [3.05, 3.63) is 16.6 Å². The van der Waals surface area contributed by atoms with Crippen molar-refractivity contribution < 1.29 is 4.79 Å². The van der Waals surface area contributed by atoms with E-state index in [-0.39, 0.29) is 11.4 Å². The summed E-state index contributed by atoms with van der Waals surface area (Å²) < 4.78 is 0. The van der Waals surface area contributed by atoms with Gasteiger partial charge in [0.05, 0.1) is 5.51 Å². The van der Waals surface area contributed by atoms with Gasteiger partial charge in [0, 0.05) is 10.9 Å². The van der Waals surface area contributed by atoms with E-state index in [0.29, 0.717) is 5.69 Å². The zero-order valence-corrected chi connectivity index (χ0v) is 9.06. The number of rotatable bonds is 3. The van der Waals surface area contributed by atoms with Gasteiger partial charge in [0.1, 0.15) is 5.69 Å². The number of aromatic nitrogens is 1. The molecular weight excluding hydrogens is 196 g/mol. The van der Waals surface area contributed by atoms with E-state index in [1.807, 2.05) is 0 Å². The molecule has 1 aromatic heterocycles. The summed E-state index contributed by atoms with van der Waals surface area (Å²) in [5.74, 6) is -0.0206. The quantitative estimate of drug-likeness (QED) is 0.831. The number of hydrogen-bond donors (Lipinski definition) is 1. The fraction of sp³-hybridized carbons (Fsp3) is 0.600. The summed E-state index contributed by atoms with van der Waals surface area (Å²) in [6, 6.07) is 0. The summed E-state index contributed by atoms with van der Waals surface area (Å²) in [4.78, 5) is 15.7. The smallest absolute Gasteiger partial charge is 0.271 e. The largest absolute Gasteiger partial charge is 0.345 e. The Morgan fingerprint density at radius 2 is 2.50 bits per heavy atom. The van der Waals surface area contributed by atoms with Crippen molar-refractivity contribution in [2.75, 3.05) is 0 Å². The van der Waals surface area contributed by atoms with Crippen LogP contribution in [0.15, 0.2) is 10.9 Å². The average Bonchev–Trinajstić information content (AvgIpc) is 2.63. The van der Waals surface area contributed by atoms with Crippen LogP contribution < -0.4 is 5.32 Å². The first-order valence-corrected chi connectivity index (χ1v) is 5.91. The van der Waals surface area contributed by atoms with Crippen molar-refractivity contribution in [2.45, 2.75) is 38.1 Å². The van der Waals surface area contributed by atoms with Gasteiger partial charge < -0.3 is 5.32 Å². The van der Waals surface area contributed by atoms with Crippen LogP contribution in [0.3, 0.4) is 0 Å². The third kappa shape index (κ3) is 1.66. The molecule has 3 nitrogen and oxygen atoms in total. The molecule has 76 valence electrons. The van der Waals surface area contributed by atoms with Gasteiger partial charge in [-0.2, -0.15) is 0 Å². The molecule has 0 bridgehead atoms. The molecule has 1 heterocycles. The maximum atomic E-state index is 11.7. The molecule has 1 aromatic rings. The standard InChI is InChI=1S/C10H14N2OS/c1-2-10(4-3-5-10)12-9(13)8-6-14-7-11-8/h6-7H,2-5H2,1H3,(H,12,13). The molecule has 0 unspecified atom stereocenters. The van der Waals surface area contributed by atoms with Crippen LogP contribution in [0.1, 0.15) is 43.1 Å². The molecule has 0 atom stereocenters. The topological polar surface area (TPSA) is 42.0 Å². The molecule has 1 aliphatic rings. The molecule has 1 amide bonds. The molecule has 14 heavy (non-hydrogen) atoms. The van der Waals surface area contributed by atoms with E-state index in [4.69, 9.17) is 0 Å². The lowest BCUT2D eigenvalue weighted by molar-refractivity contribution is 0.0816. The monoisotopic (exact) mass is 210 g/mol. The molecule has 1 fully saturated rings. The van der Waals surface area contributed by atoms with Crippen LogP contribution in [-0.4, -0.2) is 16.4 Å². The van der Waals surface area contributed by atoms with Crippen molar-refractivity contribution in [1.82, 2.24) is 10.3 Å². The van der Waals surface area contributed by atoms with Crippen LogP contribution in [-0.2, 0) is 0 Å². The summed E-state index contributed by atoms with van der Waals surface area (Å²) >= 11 is 1.46. The number of thiazole rings is 1. The lowest BCUT2D eigenvalue weighted by atomic mass is 9.75. The minimum atomic E-state index is -0.0206. The number of hydrogen-bond acceptors (Lipinski definition) is 3. The Morgan fingerprint density at radius 3 is 2.93 bits per heavy atom. The van der Waals surface area contributed by atoms with Crippen LogP contribution in [0.25, 0.3) is 0 Å². The fourth-order valence-electron chi connectivity index (χ4n) is 1.80. The van der Waals surface area contributed by atoms with Crippen molar-refractivity contribution in [3.63, 3.8) is 0 Å². The van der Waals surface area contributed by atoms with Crippen LogP contribution in [0.2, 0.25) is 0 Å². The van der Waals surface area contributed by atoms with Gasteiger partial charge in [0.15, 0.2) is 0 Å². The molecule has 0 spiro atoms. The zero-order valence-electron chi connectivity index (χ0n) is 8.25. The molecule has 1 aliphatic carbocycles. The van der Waals surface area contributed by atoms with Gasteiger partial charge in [-0.3, -0.25) is 4.79 Å². The van der Waals surface area contributed by atoms with Gasteiger partial charge >= 0.3 is 0 Å². The Kier molecular flexibility index (Phi) is 2.54. The van der Waals surface area contributed by atoms with Gasteiger partial charge in [0.25, 0.3) is 5.91 Å². The van der Waals surface area contributed by atoms with E-state index in [1.165, 1.54) is 17.8 Å². The normalized spacial score (nSPS) is 18.6. The highest BCUT2D eigenvalue weighted by Crippen LogP contribution is 2.34. The third-order valence-electron chi connectivity index (χ3n) is 3.03. The van der Waals surface area contributed by atoms with Gasteiger partial charge in [-0.15, -0.1) is 11.3 Å². The molecule has 0 saturated heterocycles. The van der Waals surface area contributed by atoms with Crippen LogP contribution >= 0.6 is 11.3 Å². The van der Waals surface area contributed by atoms with E-state index in [1.54, 1.807) is 10.9 Å². The molecule has 0 radical (unpaired) electrons. The van der Waals surface area contributed by atoms with E-state index < -0.39 is 0 Å². The van der Waals surface area contributed by atoms with E-state index in [9.17, 15) is 4.79 Å². The summed E-state index contributed by atoms with van der Waals surface area (Å²) in [5, 5.41) is 4.88. The van der Waals surface area contributed by atoms with Gasteiger partial charge in [-0.1, -0.05) is 6.92 Å². The number of nitrogens with zero attached hydrogens (tertiary/aromatic N) is 1. The lowest BCUT2D eigenvalue weighted by Gasteiger charge is -2.41. The van der Waals surface area contributed by atoms with Crippen molar-refractivity contribution >= 4 is 17.2 Å². The number of carbonyl (C=O) groups excluding carboxylic acids is 1. The average molecular weight is 210 g/mol. The highest BCUT2D eigenvalue weighted by Gasteiger charge is 2.36. The Hall–Kier alpha value is -0.900. The highest BCUT2D eigenvalue weighted by molar-refractivity contribution is 7.07. The molecule has 1 saturated carbocycles. The maximum Gasteiger partial charge on any atom is 0.271 e. The Balaban J connectivity index is 2.01. The van der Waals surface area contributed by atoms with Gasteiger partial charge in [-0.05, 0) is 25.7 Å². The number of amides is 1. The molecule has 4 heteroatoms. The molecular formula is C10H14N2OS. The summed E-state index contributed by atoms with van der Waals surface area (Å²) in [6.45, 7) is 2.13. The van der Waals surface area contributed by atoms with E-state index in [2.05, 4.69) is 17.2 Å². The summed E-state index contributed by atoms with van der Waals surface area (Å²) in [5.41, 5.74) is 2.31. The zero-order chi connectivity index (χ0) is 10.0. The van der Waals surface area contributed by atoms with Crippen molar-refractivity contribution in [3.8, 4) is 0 Å². The van der Waals surface area contributed by atoms with Crippen LogP contribution in [0.4, 0.5) is 0 Å². The number of nitrogens with one attached hydrogen (secondary N) is 1. The minimum absolute atomic E-state index is 0.0206. The van der Waals surface area contributed by atoms with Gasteiger partial charge in [0.2, 0.25) is 0 Å². The first-order chi connectivity index (χ1) is 6.76. The fourth-order valence-corrected chi connectivity index (χ4v) is 2.33. The second-order valence-electron chi connectivity index (χ2n) is 3.82. The second kappa shape index (κ2) is 3.69. The second-order valence-corrected chi connectivity index (χ2v) is 4.53. The maximum absolute atomic E-state index is 11.7. The lowest BCUT2D eigenvalue weighted by Crippen LogP contribution is -2.53. The molecule has 1 N–H and O–H groups in total. The summed E-state index contributed by atoms with van der Waals surface area (Å²) in [7, 11) is 0. The summed E-state index contributed by atoms with van der Waals surface area (Å²) in [6.07, 6.45) is 4.47. The van der Waals surface area contributed by atoms with Crippen LogP contribution in [0, 0.1) is 0 Å². The first-order valence-electron chi connectivity index (χ1n) is 4.96. The Morgan fingerprint density at radius 1 is 1.71 bits per heavy atom. The molecule has 2 rings (SSSR count). The predicted molar refractivity (Wildman–Crippen MR) is 56.5 cm³/mol.